The smallest absolute Gasteiger partial charge is 0.237 e. The summed E-state index contributed by atoms with van der Waals surface area (Å²) in [5, 5.41) is 11.7. The molecule has 0 aliphatic carbocycles. The standard InChI is InChI=1S/C28H26N4O5S/c1-17(27(33)29-20-8-13-23-24(16-20)37-15-14-36-23)38-28-30-25(18-4-9-21(34-2)10-5-18)26(31-32-28)19-6-11-22(35-3)12-7-19/h4-13,16-17H,14-15H2,1-3H3,(H,29,33). The molecule has 0 bridgehead atoms. The third-order valence-corrected chi connectivity index (χ3v) is 6.81. The Morgan fingerprint density at radius 3 is 2.08 bits per heavy atom. The van der Waals surface area contributed by atoms with Gasteiger partial charge in [-0.25, -0.2) is 4.98 Å². The van der Waals surface area contributed by atoms with Crippen LogP contribution in [0.3, 0.4) is 0 Å². The fourth-order valence-electron chi connectivity index (χ4n) is 3.83. The molecule has 1 aliphatic rings. The number of benzene rings is 3. The van der Waals surface area contributed by atoms with Crippen molar-refractivity contribution in [3.05, 3.63) is 66.7 Å². The molecule has 0 radical (unpaired) electrons. The Bertz CT molecular complexity index is 1430. The lowest BCUT2D eigenvalue weighted by Crippen LogP contribution is -2.23. The summed E-state index contributed by atoms with van der Waals surface area (Å²) in [5.74, 6) is 2.56. The van der Waals surface area contributed by atoms with Gasteiger partial charge in [-0.2, -0.15) is 0 Å². The highest BCUT2D eigenvalue weighted by molar-refractivity contribution is 8.00. The fraction of sp³-hybridized carbons (Fsp3) is 0.214. The van der Waals surface area contributed by atoms with E-state index in [1.54, 1.807) is 39.3 Å². The molecular weight excluding hydrogens is 504 g/mol. The summed E-state index contributed by atoms with van der Waals surface area (Å²) >= 11 is 1.23. The van der Waals surface area contributed by atoms with Gasteiger partial charge in [0, 0.05) is 22.9 Å². The summed E-state index contributed by atoms with van der Waals surface area (Å²) < 4.78 is 21.7. The van der Waals surface area contributed by atoms with Crippen molar-refractivity contribution in [3.8, 4) is 45.5 Å². The minimum absolute atomic E-state index is 0.194. The molecule has 1 aliphatic heterocycles. The minimum atomic E-state index is -0.486. The van der Waals surface area contributed by atoms with Gasteiger partial charge in [-0.1, -0.05) is 11.8 Å². The Morgan fingerprint density at radius 2 is 1.45 bits per heavy atom. The van der Waals surface area contributed by atoms with E-state index in [4.69, 9.17) is 23.9 Å². The number of hydrogen-bond donors (Lipinski definition) is 1. The van der Waals surface area contributed by atoms with Gasteiger partial charge in [-0.05, 0) is 67.6 Å². The van der Waals surface area contributed by atoms with E-state index in [0.717, 1.165) is 22.6 Å². The van der Waals surface area contributed by atoms with Gasteiger partial charge in [0.2, 0.25) is 11.1 Å². The van der Waals surface area contributed by atoms with Crippen LogP contribution in [-0.4, -0.2) is 53.8 Å². The quantitative estimate of drug-likeness (QED) is 0.311. The molecule has 10 heteroatoms. The predicted molar refractivity (Wildman–Crippen MR) is 145 cm³/mol. The monoisotopic (exact) mass is 530 g/mol. The summed E-state index contributed by atoms with van der Waals surface area (Å²) in [4.78, 5) is 17.8. The van der Waals surface area contributed by atoms with E-state index >= 15 is 0 Å². The molecule has 0 saturated heterocycles. The van der Waals surface area contributed by atoms with Crippen LogP contribution >= 0.6 is 11.8 Å². The van der Waals surface area contributed by atoms with Crippen LogP contribution in [0, 0.1) is 0 Å². The number of ether oxygens (including phenoxy) is 4. The first-order valence-electron chi connectivity index (χ1n) is 11.9. The Kier molecular flexibility index (Phi) is 7.60. The maximum atomic E-state index is 13.0. The van der Waals surface area contributed by atoms with E-state index < -0.39 is 5.25 Å². The molecule has 1 N–H and O–H groups in total. The van der Waals surface area contributed by atoms with Gasteiger partial charge in [-0.3, -0.25) is 4.79 Å². The third kappa shape index (κ3) is 5.65. The van der Waals surface area contributed by atoms with Gasteiger partial charge in [0.25, 0.3) is 0 Å². The molecule has 1 atom stereocenters. The predicted octanol–water partition coefficient (Wildman–Crippen LogP) is 5.11. The molecule has 3 aromatic carbocycles. The Morgan fingerprint density at radius 1 is 0.842 bits per heavy atom. The first kappa shape index (κ1) is 25.3. The number of hydrogen-bond acceptors (Lipinski definition) is 9. The molecule has 0 saturated carbocycles. The topological polar surface area (TPSA) is 105 Å². The number of thioether (sulfide) groups is 1. The van der Waals surface area contributed by atoms with Crippen molar-refractivity contribution >= 4 is 23.4 Å². The van der Waals surface area contributed by atoms with Gasteiger partial charge in [-0.15, -0.1) is 10.2 Å². The minimum Gasteiger partial charge on any atom is -0.497 e. The average molecular weight is 531 g/mol. The summed E-state index contributed by atoms with van der Waals surface area (Å²) in [6.07, 6.45) is 0. The van der Waals surface area contributed by atoms with Crippen molar-refractivity contribution in [1.29, 1.82) is 0 Å². The maximum Gasteiger partial charge on any atom is 0.237 e. The van der Waals surface area contributed by atoms with Crippen LogP contribution in [0.15, 0.2) is 71.9 Å². The zero-order valence-electron chi connectivity index (χ0n) is 21.1. The highest BCUT2D eigenvalue weighted by Gasteiger charge is 2.21. The van der Waals surface area contributed by atoms with Crippen LogP contribution in [0.5, 0.6) is 23.0 Å². The summed E-state index contributed by atoms with van der Waals surface area (Å²) in [5.41, 5.74) is 3.59. The van der Waals surface area contributed by atoms with Crippen LogP contribution in [-0.2, 0) is 4.79 Å². The molecule has 2 heterocycles. The molecule has 5 rings (SSSR count). The number of carbonyl (C=O) groups excluding carboxylic acids is 1. The van der Waals surface area contributed by atoms with Crippen molar-refractivity contribution in [2.75, 3.05) is 32.8 Å². The number of methoxy groups -OCH3 is 2. The van der Waals surface area contributed by atoms with Crippen molar-refractivity contribution in [2.45, 2.75) is 17.3 Å². The molecule has 9 nitrogen and oxygen atoms in total. The number of carbonyl (C=O) groups is 1. The van der Waals surface area contributed by atoms with E-state index in [2.05, 4.69) is 15.5 Å². The van der Waals surface area contributed by atoms with Gasteiger partial charge in [0.05, 0.1) is 19.5 Å². The Hall–Kier alpha value is -4.31. The Labute approximate surface area is 224 Å². The average Bonchev–Trinajstić information content (AvgIpc) is 2.97. The number of anilines is 1. The molecule has 1 aromatic heterocycles. The largest absolute Gasteiger partial charge is 0.497 e. The molecule has 0 spiro atoms. The van der Waals surface area contributed by atoms with E-state index in [0.29, 0.717) is 46.9 Å². The molecule has 1 unspecified atom stereocenters. The van der Waals surface area contributed by atoms with Gasteiger partial charge < -0.3 is 24.3 Å². The highest BCUT2D eigenvalue weighted by atomic mass is 32.2. The lowest BCUT2D eigenvalue weighted by Gasteiger charge is -2.19. The van der Waals surface area contributed by atoms with E-state index in [1.165, 1.54) is 11.8 Å². The second kappa shape index (κ2) is 11.4. The molecule has 4 aromatic rings. The van der Waals surface area contributed by atoms with Crippen LogP contribution in [0.1, 0.15) is 6.92 Å². The number of aromatic nitrogens is 3. The van der Waals surface area contributed by atoms with Crippen molar-refractivity contribution in [3.63, 3.8) is 0 Å². The normalized spacial score (nSPS) is 12.9. The van der Waals surface area contributed by atoms with Gasteiger partial charge >= 0.3 is 0 Å². The number of fused-ring (bicyclic) bond motifs is 1. The Balaban J connectivity index is 1.38. The lowest BCUT2D eigenvalue weighted by molar-refractivity contribution is -0.115. The first-order chi connectivity index (χ1) is 18.5. The van der Waals surface area contributed by atoms with Crippen LogP contribution < -0.4 is 24.3 Å². The van der Waals surface area contributed by atoms with Crippen LogP contribution in [0.4, 0.5) is 5.69 Å². The zero-order chi connectivity index (χ0) is 26.5. The summed E-state index contributed by atoms with van der Waals surface area (Å²) in [6, 6.07) is 20.4. The molecule has 1 amide bonds. The number of nitrogens with zero attached hydrogens (tertiary/aromatic N) is 3. The third-order valence-electron chi connectivity index (χ3n) is 5.86. The number of amides is 1. The maximum absolute atomic E-state index is 13.0. The first-order valence-corrected chi connectivity index (χ1v) is 12.8. The highest BCUT2D eigenvalue weighted by Crippen LogP contribution is 2.34. The van der Waals surface area contributed by atoms with E-state index in [1.807, 2.05) is 48.5 Å². The molecule has 194 valence electrons. The van der Waals surface area contributed by atoms with Crippen LogP contribution in [0.25, 0.3) is 22.5 Å². The van der Waals surface area contributed by atoms with Gasteiger partial charge in [0.1, 0.15) is 36.1 Å². The zero-order valence-corrected chi connectivity index (χ0v) is 22.0. The second-order valence-corrected chi connectivity index (χ2v) is 9.66. The van der Waals surface area contributed by atoms with Crippen molar-refractivity contribution < 1.29 is 23.7 Å². The van der Waals surface area contributed by atoms with Crippen LogP contribution in [0.2, 0.25) is 0 Å². The fourth-order valence-corrected chi connectivity index (χ4v) is 4.55. The molecular formula is C28H26N4O5S. The summed E-state index contributed by atoms with van der Waals surface area (Å²) in [6.45, 7) is 2.78. The molecule has 38 heavy (non-hydrogen) atoms. The molecule has 0 fully saturated rings. The summed E-state index contributed by atoms with van der Waals surface area (Å²) in [7, 11) is 3.24. The SMILES string of the molecule is COc1ccc(-c2nnc(SC(C)C(=O)Nc3ccc4c(c3)OCCO4)nc2-c2ccc(OC)cc2)cc1. The second-order valence-electron chi connectivity index (χ2n) is 8.36. The van der Waals surface area contributed by atoms with Crippen molar-refractivity contribution in [1.82, 2.24) is 15.2 Å². The van der Waals surface area contributed by atoms with E-state index in [-0.39, 0.29) is 5.91 Å². The number of nitrogens with one attached hydrogen (secondary N) is 1. The van der Waals surface area contributed by atoms with E-state index in [9.17, 15) is 4.79 Å². The lowest BCUT2D eigenvalue weighted by atomic mass is 10.0. The van der Waals surface area contributed by atoms with Crippen molar-refractivity contribution in [2.24, 2.45) is 0 Å². The number of rotatable bonds is 8. The van der Waals surface area contributed by atoms with Gasteiger partial charge in [0.15, 0.2) is 11.5 Å².